The predicted octanol–water partition coefficient (Wildman–Crippen LogP) is 3.85. The first kappa shape index (κ1) is 21.3. The molecular weight excluding hydrogens is 393 g/mol. The van der Waals surface area contributed by atoms with Crippen LogP contribution in [0.25, 0.3) is 0 Å². The zero-order chi connectivity index (χ0) is 20.8. The molecule has 1 N–H and O–H groups in total. The van der Waals surface area contributed by atoms with Crippen LogP contribution < -0.4 is 5.32 Å². The van der Waals surface area contributed by atoms with Crippen LogP contribution in [0.4, 0.5) is 10.1 Å². The van der Waals surface area contributed by atoms with Crippen LogP contribution in [0, 0.1) is 12.7 Å². The minimum absolute atomic E-state index is 0.185. The van der Waals surface area contributed by atoms with E-state index >= 15 is 0 Å². The van der Waals surface area contributed by atoms with Gasteiger partial charge in [0.15, 0.2) is 0 Å². The number of amides is 2. The largest absolute Gasteiger partial charge is 0.341 e. The average Bonchev–Trinajstić information content (AvgIpc) is 2.91. The highest BCUT2D eigenvalue weighted by atomic mass is 35.5. The average molecular weight is 418 g/mol. The minimum atomic E-state index is -0.346. The van der Waals surface area contributed by atoms with Crippen molar-refractivity contribution in [3.63, 3.8) is 0 Å². The van der Waals surface area contributed by atoms with Crippen molar-refractivity contribution in [1.82, 2.24) is 9.80 Å². The number of carbonyl (C=O) groups is 2. The number of carbonyl (C=O) groups excluding carboxylic acids is 2. The predicted molar refractivity (Wildman–Crippen MR) is 112 cm³/mol. The van der Waals surface area contributed by atoms with Crippen LogP contribution in [0.2, 0.25) is 5.02 Å². The van der Waals surface area contributed by atoms with Crippen molar-refractivity contribution in [2.24, 2.45) is 0 Å². The zero-order valence-electron chi connectivity index (χ0n) is 16.5. The lowest BCUT2D eigenvalue weighted by Gasteiger charge is -2.22. The molecule has 154 valence electrons. The van der Waals surface area contributed by atoms with Gasteiger partial charge in [0.05, 0.1) is 0 Å². The fourth-order valence-electron chi connectivity index (χ4n) is 3.46. The SMILES string of the molecule is Cc1c(Cl)cccc1NC(=O)CC(=O)N1CCCN(Cc2cccc(F)c2)CC1. The van der Waals surface area contributed by atoms with Gasteiger partial charge in [0.25, 0.3) is 0 Å². The number of rotatable bonds is 5. The van der Waals surface area contributed by atoms with Gasteiger partial charge in [-0.2, -0.15) is 0 Å². The number of halogens is 2. The topological polar surface area (TPSA) is 52.7 Å². The second kappa shape index (κ2) is 9.85. The third-order valence-corrected chi connectivity index (χ3v) is 5.50. The fraction of sp³-hybridized carbons (Fsp3) is 0.364. The third kappa shape index (κ3) is 6.02. The van der Waals surface area contributed by atoms with Gasteiger partial charge in [0.2, 0.25) is 11.8 Å². The number of benzene rings is 2. The molecule has 0 spiro atoms. The minimum Gasteiger partial charge on any atom is -0.341 e. The summed E-state index contributed by atoms with van der Waals surface area (Å²) in [5.41, 5.74) is 2.31. The summed E-state index contributed by atoms with van der Waals surface area (Å²) in [5.74, 6) is -0.772. The van der Waals surface area contributed by atoms with E-state index in [0.29, 0.717) is 36.9 Å². The Hall–Kier alpha value is -2.44. The second-order valence-corrected chi connectivity index (χ2v) is 7.68. The van der Waals surface area contributed by atoms with Crippen molar-refractivity contribution in [3.05, 3.63) is 64.4 Å². The summed E-state index contributed by atoms with van der Waals surface area (Å²) in [5, 5.41) is 3.34. The molecule has 29 heavy (non-hydrogen) atoms. The van der Waals surface area contributed by atoms with Crippen LogP contribution >= 0.6 is 11.6 Å². The summed E-state index contributed by atoms with van der Waals surface area (Å²) in [6.45, 7) is 5.15. The Balaban J connectivity index is 1.51. The molecule has 3 rings (SSSR count). The first-order chi connectivity index (χ1) is 13.9. The van der Waals surface area contributed by atoms with Crippen molar-refractivity contribution in [2.75, 3.05) is 31.5 Å². The van der Waals surface area contributed by atoms with Gasteiger partial charge in [-0.25, -0.2) is 4.39 Å². The molecule has 2 aromatic rings. The van der Waals surface area contributed by atoms with E-state index in [4.69, 9.17) is 11.6 Å². The van der Waals surface area contributed by atoms with Crippen molar-refractivity contribution < 1.29 is 14.0 Å². The van der Waals surface area contributed by atoms with E-state index in [1.807, 2.05) is 13.0 Å². The van der Waals surface area contributed by atoms with Gasteiger partial charge in [-0.05, 0) is 48.7 Å². The van der Waals surface area contributed by atoms with E-state index in [1.165, 1.54) is 12.1 Å². The maximum absolute atomic E-state index is 13.4. The molecular formula is C22H25ClFN3O2. The Morgan fingerprint density at radius 2 is 1.90 bits per heavy atom. The number of nitrogens with one attached hydrogen (secondary N) is 1. The molecule has 2 aromatic carbocycles. The molecule has 1 saturated heterocycles. The first-order valence-corrected chi connectivity index (χ1v) is 10.1. The number of anilines is 1. The Kier molecular flexibility index (Phi) is 7.23. The Morgan fingerprint density at radius 1 is 1.10 bits per heavy atom. The smallest absolute Gasteiger partial charge is 0.233 e. The van der Waals surface area contributed by atoms with Gasteiger partial charge in [-0.1, -0.05) is 29.8 Å². The van der Waals surface area contributed by atoms with Crippen molar-refractivity contribution >= 4 is 29.1 Å². The maximum Gasteiger partial charge on any atom is 0.233 e. The normalized spacial score (nSPS) is 15.1. The van der Waals surface area contributed by atoms with Crippen molar-refractivity contribution in [3.8, 4) is 0 Å². The Labute approximate surface area is 175 Å². The number of nitrogens with zero attached hydrogens (tertiary/aromatic N) is 2. The summed E-state index contributed by atoms with van der Waals surface area (Å²) in [6.07, 6.45) is 0.617. The van der Waals surface area contributed by atoms with Crippen LogP contribution in [0.3, 0.4) is 0 Å². The van der Waals surface area contributed by atoms with E-state index in [2.05, 4.69) is 10.2 Å². The molecule has 0 radical (unpaired) electrons. The highest BCUT2D eigenvalue weighted by molar-refractivity contribution is 6.31. The first-order valence-electron chi connectivity index (χ1n) is 9.72. The molecule has 0 saturated carbocycles. The molecule has 0 bridgehead atoms. The standard InChI is InChI=1S/C22H25ClFN3O2/c1-16-19(23)7-3-8-20(16)25-21(28)14-22(29)27-10-4-9-26(11-12-27)15-17-5-2-6-18(24)13-17/h2-3,5-8,13H,4,9-12,14-15H2,1H3,(H,25,28). The van der Waals surface area contributed by atoms with Crippen LogP contribution in [0.1, 0.15) is 24.0 Å². The highest BCUT2D eigenvalue weighted by Crippen LogP contribution is 2.23. The van der Waals surface area contributed by atoms with Crippen LogP contribution in [0.5, 0.6) is 0 Å². The quantitative estimate of drug-likeness (QED) is 0.752. The zero-order valence-corrected chi connectivity index (χ0v) is 17.2. The molecule has 2 amide bonds. The lowest BCUT2D eigenvalue weighted by Crippen LogP contribution is -2.37. The molecule has 0 aliphatic carbocycles. The van der Waals surface area contributed by atoms with Gasteiger partial charge < -0.3 is 10.2 Å². The Morgan fingerprint density at radius 3 is 2.69 bits per heavy atom. The summed E-state index contributed by atoms with van der Waals surface area (Å²) < 4.78 is 13.4. The van der Waals surface area contributed by atoms with E-state index in [9.17, 15) is 14.0 Å². The van der Waals surface area contributed by atoms with Crippen LogP contribution in [0.15, 0.2) is 42.5 Å². The van der Waals surface area contributed by atoms with E-state index < -0.39 is 0 Å². The van der Waals surface area contributed by atoms with Gasteiger partial charge in [0, 0.05) is 43.4 Å². The van der Waals surface area contributed by atoms with Crippen molar-refractivity contribution in [1.29, 1.82) is 0 Å². The van der Waals surface area contributed by atoms with Gasteiger partial charge in [0.1, 0.15) is 12.2 Å². The number of hydrogen-bond acceptors (Lipinski definition) is 3. The highest BCUT2D eigenvalue weighted by Gasteiger charge is 2.21. The molecule has 1 fully saturated rings. The molecule has 7 heteroatoms. The Bertz CT molecular complexity index is 890. The van der Waals surface area contributed by atoms with Crippen LogP contribution in [-0.2, 0) is 16.1 Å². The monoisotopic (exact) mass is 417 g/mol. The van der Waals surface area contributed by atoms with Crippen molar-refractivity contribution in [2.45, 2.75) is 26.3 Å². The van der Waals surface area contributed by atoms with Gasteiger partial charge in [-0.3, -0.25) is 14.5 Å². The summed E-state index contributed by atoms with van der Waals surface area (Å²) in [7, 11) is 0. The molecule has 0 unspecified atom stereocenters. The molecule has 1 heterocycles. The van der Waals surface area contributed by atoms with Crippen LogP contribution in [-0.4, -0.2) is 47.8 Å². The van der Waals surface area contributed by atoms with E-state index in [-0.39, 0.29) is 24.1 Å². The van der Waals surface area contributed by atoms with Gasteiger partial charge >= 0.3 is 0 Å². The lowest BCUT2D eigenvalue weighted by molar-refractivity contribution is -0.134. The fourth-order valence-corrected chi connectivity index (χ4v) is 3.63. The summed E-state index contributed by atoms with van der Waals surface area (Å²) in [4.78, 5) is 28.8. The number of hydrogen-bond donors (Lipinski definition) is 1. The molecule has 1 aliphatic rings. The third-order valence-electron chi connectivity index (χ3n) is 5.09. The van der Waals surface area contributed by atoms with E-state index in [0.717, 1.165) is 24.1 Å². The summed E-state index contributed by atoms with van der Waals surface area (Å²) >= 11 is 6.07. The molecule has 5 nitrogen and oxygen atoms in total. The van der Waals surface area contributed by atoms with E-state index in [1.54, 1.807) is 29.2 Å². The van der Waals surface area contributed by atoms with Gasteiger partial charge in [-0.15, -0.1) is 0 Å². The summed E-state index contributed by atoms with van der Waals surface area (Å²) in [6, 6.07) is 11.9. The molecule has 1 aliphatic heterocycles. The maximum atomic E-state index is 13.4. The second-order valence-electron chi connectivity index (χ2n) is 7.28. The molecule has 0 aromatic heterocycles. The molecule has 0 atom stereocenters. The lowest BCUT2D eigenvalue weighted by atomic mass is 10.2.